The molecule has 1 aliphatic rings. The molecule has 0 aromatic carbocycles. The molecule has 0 aromatic heterocycles. The van der Waals surface area contributed by atoms with Gasteiger partial charge in [-0.05, 0) is 19.3 Å². The number of ether oxygens (including phenoxy) is 1. The van der Waals surface area contributed by atoms with E-state index in [0.717, 1.165) is 19.3 Å². The molecule has 1 fully saturated rings. The molecule has 17 heavy (non-hydrogen) atoms. The van der Waals surface area contributed by atoms with Crippen LogP contribution >= 0.6 is 23.2 Å². The van der Waals surface area contributed by atoms with Crippen LogP contribution in [0.1, 0.15) is 45.4 Å². The van der Waals surface area contributed by atoms with E-state index in [1.807, 2.05) is 0 Å². The molecule has 0 aliphatic carbocycles. The van der Waals surface area contributed by atoms with Gasteiger partial charge in [0.05, 0.1) is 12.5 Å². The number of alkyl halides is 2. The van der Waals surface area contributed by atoms with Crippen LogP contribution in [0.4, 0.5) is 0 Å². The first-order chi connectivity index (χ1) is 8.00. The van der Waals surface area contributed by atoms with Crippen molar-refractivity contribution in [3.05, 3.63) is 0 Å². The smallest absolute Gasteiger partial charge is 0.343 e. The van der Waals surface area contributed by atoms with Gasteiger partial charge in [0.25, 0.3) is 0 Å². The minimum Gasteiger partial charge on any atom is -0.463 e. The Bertz CT molecular complexity index is 289. The molecule has 1 aliphatic heterocycles. The summed E-state index contributed by atoms with van der Waals surface area (Å²) in [5.41, 5.74) is 0. The summed E-state index contributed by atoms with van der Waals surface area (Å²) in [5.74, 6) is -1.34. The van der Waals surface area contributed by atoms with E-state index in [-0.39, 0.29) is 5.78 Å². The molecule has 5 heteroatoms. The molecule has 0 N–H and O–H groups in total. The Kier molecular flexibility index (Phi) is 5.74. The Hall–Kier alpha value is -0.280. The Balaban J connectivity index is 2.65. The van der Waals surface area contributed by atoms with Crippen LogP contribution < -0.4 is 0 Å². The lowest BCUT2D eigenvalue weighted by Crippen LogP contribution is -2.39. The van der Waals surface area contributed by atoms with Gasteiger partial charge in [-0.2, -0.15) is 0 Å². The SMILES string of the molecule is CCCCCC(=O)C1CCCOC(=O)C1(Cl)Cl. The van der Waals surface area contributed by atoms with Crippen LogP contribution in [0.25, 0.3) is 0 Å². The zero-order valence-electron chi connectivity index (χ0n) is 10.0. The van der Waals surface area contributed by atoms with Crippen LogP contribution in [0.15, 0.2) is 0 Å². The molecule has 0 amide bonds. The minimum atomic E-state index is -1.71. The van der Waals surface area contributed by atoms with E-state index < -0.39 is 16.2 Å². The highest BCUT2D eigenvalue weighted by Gasteiger charge is 2.48. The topological polar surface area (TPSA) is 43.4 Å². The molecule has 98 valence electrons. The van der Waals surface area contributed by atoms with Crippen molar-refractivity contribution in [3.8, 4) is 0 Å². The lowest BCUT2D eigenvalue weighted by atomic mass is 9.91. The molecular formula is C12H18Cl2O3. The molecule has 1 saturated heterocycles. The van der Waals surface area contributed by atoms with Crippen molar-refractivity contribution in [1.29, 1.82) is 0 Å². The first-order valence-electron chi connectivity index (χ1n) is 6.08. The Morgan fingerprint density at radius 1 is 1.47 bits per heavy atom. The third-order valence-electron chi connectivity index (χ3n) is 3.00. The van der Waals surface area contributed by atoms with Gasteiger partial charge in [-0.15, -0.1) is 0 Å². The van der Waals surface area contributed by atoms with Crippen LogP contribution in [0.5, 0.6) is 0 Å². The highest BCUT2D eigenvalue weighted by atomic mass is 35.5. The predicted molar refractivity (Wildman–Crippen MR) is 67.3 cm³/mol. The number of Topliss-reactive ketones (excluding diaryl/α,β-unsaturated/α-hetero) is 1. The van der Waals surface area contributed by atoms with Gasteiger partial charge < -0.3 is 4.74 Å². The lowest BCUT2D eigenvalue weighted by Gasteiger charge is -2.23. The lowest BCUT2D eigenvalue weighted by molar-refractivity contribution is -0.145. The van der Waals surface area contributed by atoms with E-state index >= 15 is 0 Å². The van der Waals surface area contributed by atoms with Crippen LogP contribution in [-0.2, 0) is 14.3 Å². The second-order valence-corrected chi connectivity index (χ2v) is 5.76. The normalized spacial score (nSPS) is 23.9. The first-order valence-corrected chi connectivity index (χ1v) is 6.83. The molecule has 1 rings (SSSR count). The number of carbonyl (C=O) groups is 2. The van der Waals surface area contributed by atoms with Gasteiger partial charge >= 0.3 is 5.97 Å². The van der Waals surface area contributed by atoms with Crippen molar-refractivity contribution < 1.29 is 14.3 Å². The fourth-order valence-electron chi connectivity index (χ4n) is 1.96. The third-order valence-corrected chi connectivity index (χ3v) is 3.83. The number of halogens is 2. The van der Waals surface area contributed by atoms with Gasteiger partial charge in [0.15, 0.2) is 0 Å². The summed E-state index contributed by atoms with van der Waals surface area (Å²) < 4.78 is 3.16. The van der Waals surface area contributed by atoms with Crippen LogP contribution in [-0.4, -0.2) is 22.7 Å². The summed E-state index contributed by atoms with van der Waals surface area (Å²) in [4.78, 5) is 23.6. The molecule has 0 saturated carbocycles. The second-order valence-electron chi connectivity index (χ2n) is 4.38. The molecule has 1 unspecified atom stereocenters. The Morgan fingerprint density at radius 2 is 2.18 bits per heavy atom. The first kappa shape index (κ1) is 14.8. The summed E-state index contributed by atoms with van der Waals surface area (Å²) in [6.07, 6.45) is 4.46. The Morgan fingerprint density at radius 3 is 2.82 bits per heavy atom. The monoisotopic (exact) mass is 280 g/mol. The predicted octanol–water partition coefficient (Wildman–Crippen LogP) is 3.26. The molecular weight excluding hydrogens is 263 g/mol. The fourth-order valence-corrected chi connectivity index (χ4v) is 2.53. The number of ketones is 1. The van der Waals surface area contributed by atoms with Gasteiger partial charge in [0.1, 0.15) is 5.78 Å². The third kappa shape index (κ3) is 3.85. The number of hydrogen-bond donors (Lipinski definition) is 0. The van der Waals surface area contributed by atoms with E-state index in [4.69, 9.17) is 27.9 Å². The zero-order chi connectivity index (χ0) is 12.9. The van der Waals surface area contributed by atoms with Crippen molar-refractivity contribution >= 4 is 35.0 Å². The van der Waals surface area contributed by atoms with Crippen molar-refractivity contribution in [1.82, 2.24) is 0 Å². The summed E-state index contributed by atoms with van der Waals surface area (Å²) in [5, 5.41) is 0. The van der Waals surface area contributed by atoms with Gasteiger partial charge in [-0.3, -0.25) is 4.79 Å². The second kappa shape index (κ2) is 6.60. The average molecular weight is 281 g/mol. The van der Waals surface area contributed by atoms with Gasteiger partial charge in [0, 0.05) is 6.42 Å². The number of carbonyl (C=O) groups excluding carboxylic acids is 2. The van der Waals surface area contributed by atoms with E-state index in [2.05, 4.69) is 6.92 Å². The van der Waals surface area contributed by atoms with E-state index in [9.17, 15) is 9.59 Å². The standard InChI is InChI=1S/C12H18Cl2O3/c1-2-3-4-7-10(15)9-6-5-8-17-11(16)12(9,13)14/h9H,2-8H2,1H3. The highest BCUT2D eigenvalue weighted by Crippen LogP contribution is 2.38. The molecule has 0 spiro atoms. The van der Waals surface area contributed by atoms with Crippen molar-refractivity contribution in [2.24, 2.45) is 5.92 Å². The zero-order valence-corrected chi connectivity index (χ0v) is 11.5. The van der Waals surface area contributed by atoms with E-state index in [1.165, 1.54) is 0 Å². The summed E-state index contributed by atoms with van der Waals surface area (Å²) in [7, 11) is 0. The fraction of sp³-hybridized carbons (Fsp3) is 0.833. The maximum atomic E-state index is 12.0. The van der Waals surface area contributed by atoms with Crippen molar-refractivity contribution in [2.75, 3.05) is 6.61 Å². The number of cyclic esters (lactones) is 1. The summed E-state index contributed by atoms with van der Waals surface area (Å²) >= 11 is 11.9. The van der Waals surface area contributed by atoms with Gasteiger partial charge in [0.2, 0.25) is 4.33 Å². The maximum absolute atomic E-state index is 12.0. The molecule has 0 bridgehead atoms. The number of rotatable bonds is 5. The van der Waals surface area contributed by atoms with Crippen molar-refractivity contribution in [2.45, 2.75) is 49.8 Å². The Labute approximate surface area is 112 Å². The number of hydrogen-bond acceptors (Lipinski definition) is 3. The minimum absolute atomic E-state index is 0.0256. The molecule has 1 atom stereocenters. The number of esters is 1. The van der Waals surface area contributed by atoms with E-state index in [0.29, 0.717) is 25.9 Å². The average Bonchev–Trinajstić information content (AvgIpc) is 2.39. The summed E-state index contributed by atoms with van der Waals surface area (Å²) in [6.45, 7) is 2.36. The number of unbranched alkanes of at least 4 members (excludes halogenated alkanes) is 2. The largest absolute Gasteiger partial charge is 0.463 e. The van der Waals surface area contributed by atoms with Crippen LogP contribution in [0, 0.1) is 5.92 Å². The maximum Gasteiger partial charge on any atom is 0.343 e. The van der Waals surface area contributed by atoms with Crippen LogP contribution in [0.2, 0.25) is 0 Å². The molecule has 1 heterocycles. The molecule has 3 nitrogen and oxygen atoms in total. The highest BCUT2D eigenvalue weighted by molar-refractivity contribution is 6.58. The van der Waals surface area contributed by atoms with Gasteiger partial charge in [-0.1, -0.05) is 43.0 Å². The molecule has 0 radical (unpaired) electrons. The van der Waals surface area contributed by atoms with Crippen LogP contribution in [0.3, 0.4) is 0 Å². The summed E-state index contributed by atoms with van der Waals surface area (Å²) in [6, 6.07) is 0. The van der Waals surface area contributed by atoms with Crippen molar-refractivity contribution in [3.63, 3.8) is 0 Å². The van der Waals surface area contributed by atoms with E-state index in [1.54, 1.807) is 0 Å². The van der Waals surface area contributed by atoms with Gasteiger partial charge in [-0.25, -0.2) is 4.79 Å². The molecule has 0 aromatic rings. The quantitative estimate of drug-likeness (QED) is 0.441.